The minimum Gasteiger partial charge on any atom is -0.364 e. The smallest absolute Gasteiger partial charge is 0.146 e. The molecule has 1 aliphatic heterocycles. The third-order valence-corrected chi connectivity index (χ3v) is 3.97. The Morgan fingerprint density at radius 2 is 1.90 bits per heavy atom. The van der Waals surface area contributed by atoms with Crippen molar-refractivity contribution in [2.24, 2.45) is 5.73 Å². The molecular weight excluding hydrogens is 251 g/mol. The summed E-state index contributed by atoms with van der Waals surface area (Å²) in [6.07, 6.45) is 0.963. The van der Waals surface area contributed by atoms with E-state index < -0.39 is 0 Å². The second kappa shape index (κ2) is 5.25. The number of fused-ring (bicyclic) bond motifs is 1. The van der Waals surface area contributed by atoms with Gasteiger partial charge in [0.1, 0.15) is 5.82 Å². The van der Waals surface area contributed by atoms with E-state index in [2.05, 4.69) is 23.1 Å². The SMILES string of the molecule is CC(N)c1ccc(N2CCc3ccccc3C2)c(F)c1. The van der Waals surface area contributed by atoms with Crippen molar-refractivity contribution in [2.45, 2.75) is 25.9 Å². The van der Waals surface area contributed by atoms with Crippen molar-refractivity contribution in [3.8, 4) is 0 Å². The molecule has 0 bridgehead atoms. The highest BCUT2D eigenvalue weighted by molar-refractivity contribution is 5.52. The molecule has 104 valence electrons. The molecule has 0 saturated carbocycles. The average molecular weight is 270 g/mol. The Morgan fingerprint density at radius 3 is 2.60 bits per heavy atom. The van der Waals surface area contributed by atoms with Crippen LogP contribution in [-0.4, -0.2) is 6.54 Å². The zero-order valence-electron chi connectivity index (χ0n) is 11.6. The topological polar surface area (TPSA) is 29.3 Å². The fourth-order valence-corrected chi connectivity index (χ4v) is 2.76. The van der Waals surface area contributed by atoms with Crippen molar-refractivity contribution >= 4 is 5.69 Å². The highest BCUT2D eigenvalue weighted by Gasteiger charge is 2.19. The van der Waals surface area contributed by atoms with E-state index in [1.807, 2.05) is 25.1 Å². The lowest BCUT2D eigenvalue weighted by Gasteiger charge is -2.31. The standard InChI is InChI=1S/C17H19FN2/c1-12(19)14-6-7-17(16(18)10-14)20-9-8-13-4-2-3-5-15(13)11-20/h2-7,10,12H,8-9,11,19H2,1H3. The number of hydrogen-bond acceptors (Lipinski definition) is 2. The van der Waals surface area contributed by atoms with Crippen molar-refractivity contribution in [1.29, 1.82) is 0 Å². The molecule has 0 amide bonds. The van der Waals surface area contributed by atoms with E-state index in [0.717, 1.165) is 25.1 Å². The summed E-state index contributed by atoms with van der Waals surface area (Å²) in [5.74, 6) is -0.181. The fourth-order valence-electron chi connectivity index (χ4n) is 2.76. The predicted octanol–water partition coefficient (Wildman–Crippen LogP) is 3.41. The summed E-state index contributed by atoms with van der Waals surface area (Å²) in [4.78, 5) is 2.10. The van der Waals surface area contributed by atoms with Crippen LogP contribution in [0.2, 0.25) is 0 Å². The molecule has 2 aromatic rings. The molecule has 0 aromatic heterocycles. The minimum absolute atomic E-state index is 0.138. The molecule has 1 heterocycles. The Kier molecular flexibility index (Phi) is 3.45. The average Bonchev–Trinajstić information content (AvgIpc) is 2.46. The summed E-state index contributed by atoms with van der Waals surface area (Å²) in [5.41, 5.74) is 9.96. The number of anilines is 1. The van der Waals surface area contributed by atoms with E-state index in [1.54, 1.807) is 6.07 Å². The molecule has 0 radical (unpaired) electrons. The van der Waals surface area contributed by atoms with Gasteiger partial charge in [-0.05, 0) is 42.2 Å². The molecule has 0 spiro atoms. The number of nitrogens with zero attached hydrogens (tertiary/aromatic N) is 1. The molecule has 1 atom stereocenters. The van der Waals surface area contributed by atoms with Gasteiger partial charge in [-0.25, -0.2) is 4.39 Å². The predicted molar refractivity (Wildman–Crippen MR) is 80.2 cm³/mol. The maximum atomic E-state index is 14.3. The third kappa shape index (κ3) is 2.41. The van der Waals surface area contributed by atoms with Crippen LogP contribution in [-0.2, 0) is 13.0 Å². The van der Waals surface area contributed by atoms with E-state index in [1.165, 1.54) is 11.1 Å². The van der Waals surface area contributed by atoms with Gasteiger partial charge in [-0.1, -0.05) is 30.3 Å². The zero-order valence-corrected chi connectivity index (χ0v) is 11.6. The van der Waals surface area contributed by atoms with Crippen LogP contribution in [0, 0.1) is 5.82 Å². The van der Waals surface area contributed by atoms with Crippen molar-refractivity contribution in [3.63, 3.8) is 0 Å². The van der Waals surface area contributed by atoms with Crippen LogP contribution in [0.3, 0.4) is 0 Å². The van der Waals surface area contributed by atoms with Gasteiger partial charge < -0.3 is 10.6 Å². The van der Waals surface area contributed by atoms with Crippen molar-refractivity contribution in [2.75, 3.05) is 11.4 Å². The Morgan fingerprint density at radius 1 is 1.15 bits per heavy atom. The van der Waals surface area contributed by atoms with Gasteiger partial charge in [-0.2, -0.15) is 0 Å². The molecule has 0 saturated heterocycles. The molecule has 1 aliphatic rings. The molecule has 2 N–H and O–H groups in total. The largest absolute Gasteiger partial charge is 0.364 e. The molecule has 1 unspecified atom stereocenters. The number of rotatable bonds is 2. The van der Waals surface area contributed by atoms with E-state index in [4.69, 9.17) is 5.73 Å². The molecule has 0 fully saturated rings. The van der Waals surface area contributed by atoms with Crippen LogP contribution in [0.1, 0.15) is 29.7 Å². The lowest BCUT2D eigenvalue weighted by Crippen LogP contribution is -2.31. The molecule has 0 aliphatic carbocycles. The number of nitrogens with two attached hydrogens (primary N) is 1. The van der Waals surface area contributed by atoms with Gasteiger partial charge in [0.05, 0.1) is 5.69 Å². The van der Waals surface area contributed by atoms with Crippen molar-refractivity contribution in [1.82, 2.24) is 0 Å². The molecule has 3 heteroatoms. The lowest BCUT2D eigenvalue weighted by atomic mass is 9.99. The zero-order chi connectivity index (χ0) is 14.1. The van der Waals surface area contributed by atoms with Gasteiger partial charge >= 0.3 is 0 Å². The summed E-state index contributed by atoms with van der Waals surface area (Å²) < 4.78 is 14.3. The fraction of sp³-hybridized carbons (Fsp3) is 0.294. The molecule has 3 rings (SSSR count). The van der Waals surface area contributed by atoms with Gasteiger partial charge in [-0.15, -0.1) is 0 Å². The highest BCUT2D eigenvalue weighted by Crippen LogP contribution is 2.28. The first-order valence-electron chi connectivity index (χ1n) is 7.02. The Balaban J connectivity index is 1.88. The summed E-state index contributed by atoms with van der Waals surface area (Å²) in [6.45, 7) is 3.49. The van der Waals surface area contributed by atoms with Crippen LogP contribution in [0.5, 0.6) is 0 Å². The Bertz CT molecular complexity index is 622. The Labute approximate surface area is 119 Å². The van der Waals surface area contributed by atoms with Gasteiger partial charge in [0.25, 0.3) is 0 Å². The van der Waals surface area contributed by atoms with Crippen LogP contribution < -0.4 is 10.6 Å². The molecular formula is C17H19FN2. The van der Waals surface area contributed by atoms with Crippen LogP contribution in [0.15, 0.2) is 42.5 Å². The van der Waals surface area contributed by atoms with Gasteiger partial charge in [-0.3, -0.25) is 0 Å². The van der Waals surface area contributed by atoms with E-state index in [0.29, 0.717) is 5.69 Å². The summed E-state index contributed by atoms with van der Waals surface area (Å²) in [5, 5.41) is 0. The number of hydrogen-bond donors (Lipinski definition) is 1. The maximum Gasteiger partial charge on any atom is 0.146 e. The summed E-state index contributed by atoms with van der Waals surface area (Å²) in [7, 11) is 0. The van der Waals surface area contributed by atoms with E-state index in [9.17, 15) is 4.39 Å². The van der Waals surface area contributed by atoms with E-state index in [-0.39, 0.29) is 11.9 Å². The quantitative estimate of drug-likeness (QED) is 0.906. The van der Waals surface area contributed by atoms with Crippen molar-refractivity contribution in [3.05, 3.63) is 65.0 Å². The summed E-state index contributed by atoms with van der Waals surface area (Å²) >= 11 is 0. The monoisotopic (exact) mass is 270 g/mol. The molecule has 2 aromatic carbocycles. The van der Waals surface area contributed by atoms with E-state index >= 15 is 0 Å². The third-order valence-electron chi connectivity index (χ3n) is 3.97. The minimum atomic E-state index is -0.181. The van der Waals surface area contributed by atoms with Crippen molar-refractivity contribution < 1.29 is 4.39 Å². The maximum absolute atomic E-state index is 14.3. The summed E-state index contributed by atoms with van der Waals surface area (Å²) in [6, 6.07) is 13.6. The molecule has 2 nitrogen and oxygen atoms in total. The first-order chi connectivity index (χ1) is 9.65. The van der Waals surface area contributed by atoms with Gasteiger partial charge in [0.15, 0.2) is 0 Å². The number of halogens is 1. The van der Waals surface area contributed by atoms with Crippen LogP contribution >= 0.6 is 0 Å². The first-order valence-corrected chi connectivity index (χ1v) is 7.02. The van der Waals surface area contributed by atoms with Crippen LogP contribution in [0.25, 0.3) is 0 Å². The molecule has 20 heavy (non-hydrogen) atoms. The second-order valence-electron chi connectivity index (χ2n) is 5.44. The first kappa shape index (κ1) is 13.1. The lowest BCUT2D eigenvalue weighted by molar-refractivity contribution is 0.606. The highest BCUT2D eigenvalue weighted by atomic mass is 19.1. The Hall–Kier alpha value is -1.87. The normalized spacial score (nSPS) is 15.8. The van der Waals surface area contributed by atoms with Crippen LogP contribution in [0.4, 0.5) is 10.1 Å². The number of benzene rings is 2. The second-order valence-corrected chi connectivity index (χ2v) is 5.44. The van der Waals surface area contributed by atoms with Gasteiger partial charge in [0, 0.05) is 19.1 Å². The van der Waals surface area contributed by atoms with Gasteiger partial charge in [0.2, 0.25) is 0 Å².